The minimum Gasteiger partial charge on any atom is -0.472 e. The smallest absolute Gasteiger partial charge is 0.274 e. The van der Waals surface area contributed by atoms with Crippen LogP contribution in [0.25, 0.3) is 0 Å². The first-order valence-electron chi connectivity index (χ1n) is 7.79. The average molecular weight is 363 g/mol. The van der Waals surface area contributed by atoms with Crippen LogP contribution in [0.15, 0.2) is 47.4 Å². The average Bonchev–Trinajstić information content (AvgIpc) is 3.18. The lowest BCUT2D eigenvalue weighted by Crippen LogP contribution is -2.16. The molecule has 4 N–H and O–H groups in total. The standard InChI is InChI=1S/C19H14FN5O2/c1-10-4-11(7-21)8-24-18(10)19(26)25-13-5-14(17(23)15(20)6-13)16(22)12-2-3-27-9-12/h2-6,8-9,22H,23H2,1H3,(H,25,26). The normalized spacial score (nSPS) is 10.3. The molecule has 2 aromatic heterocycles. The van der Waals surface area contributed by atoms with Gasteiger partial charge in [0.15, 0.2) is 0 Å². The summed E-state index contributed by atoms with van der Waals surface area (Å²) in [5.41, 5.74) is 7.14. The van der Waals surface area contributed by atoms with Crippen LogP contribution in [0, 0.1) is 29.5 Å². The summed E-state index contributed by atoms with van der Waals surface area (Å²) >= 11 is 0. The molecule has 8 heteroatoms. The number of furan rings is 1. The largest absolute Gasteiger partial charge is 0.472 e. The van der Waals surface area contributed by atoms with Crippen LogP contribution in [0.5, 0.6) is 0 Å². The second kappa shape index (κ2) is 7.09. The summed E-state index contributed by atoms with van der Waals surface area (Å²) in [6.45, 7) is 1.65. The van der Waals surface area contributed by atoms with E-state index < -0.39 is 11.7 Å². The Kier molecular flexibility index (Phi) is 4.68. The highest BCUT2D eigenvalue weighted by molar-refractivity contribution is 6.14. The molecule has 0 spiro atoms. The summed E-state index contributed by atoms with van der Waals surface area (Å²) in [4.78, 5) is 16.4. The van der Waals surface area contributed by atoms with Gasteiger partial charge in [0.25, 0.3) is 5.91 Å². The first kappa shape index (κ1) is 17.8. The molecule has 3 aromatic rings. The van der Waals surface area contributed by atoms with Gasteiger partial charge in [-0.1, -0.05) is 0 Å². The fourth-order valence-corrected chi connectivity index (χ4v) is 2.52. The van der Waals surface area contributed by atoms with Crippen LogP contribution in [-0.4, -0.2) is 16.6 Å². The Labute approximate surface area is 153 Å². The molecule has 0 bridgehead atoms. The molecule has 7 nitrogen and oxygen atoms in total. The van der Waals surface area contributed by atoms with Gasteiger partial charge in [0.1, 0.15) is 17.6 Å². The van der Waals surface area contributed by atoms with Crippen molar-refractivity contribution in [1.29, 1.82) is 10.7 Å². The zero-order chi connectivity index (χ0) is 19.6. The molecule has 2 heterocycles. The second-order valence-electron chi connectivity index (χ2n) is 5.76. The molecule has 27 heavy (non-hydrogen) atoms. The molecule has 3 rings (SSSR count). The van der Waals surface area contributed by atoms with E-state index in [0.717, 1.165) is 6.07 Å². The van der Waals surface area contributed by atoms with E-state index >= 15 is 0 Å². The van der Waals surface area contributed by atoms with Crippen molar-refractivity contribution < 1.29 is 13.6 Å². The molecule has 1 aromatic carbocycles. The van der Waals surface area contributed by atoms with Crippen molar-refractivity contribution in [1.82, 2.24) is 4.98 Å². The van der Waals surface area contributed by atoms with Crippen molar-refractivity contribution in [2.75, 3.05) is 11.1 Å². The lowest BCUT2D eigenvalue weighted by molar-refractivity contribution is 0.102. The highest BCUT2D eigenvalue weighted by Gasteiger charge is 2.17. The molecule has 0 fully saturated rings. The van der Waals surface area contributed by atoms with Gasteiger partial charge in [-0.25, -0.2) is 9.37 Å². The lowest BCUT2D eigenvalue weighted by Gasteiger charge is -2.12. The predicted molar refractivity (Wildman–Crippen MR) is 97.1 cm³/mol. The number of nitrogens with two attached hydrogens (primary N) is 1. The quantitative estimate of drug-likeness (QED) is 0.484. The van der Waals surface area contributed by atoms with Gasteiger partial charge in [-0.3, -0.25) is 10.2 Å². The maximum Gasteiger partial charge on any atom is 0.274 e. The minimum atomic E-state index is -0.763. The van der Waals surface area contributed by atoms with E-state index in [4.69, 9.17) is 20.8 Å². The Bertz CT molecular complexity index is 1080. The van der Waals surface area contributed by atoms with Gasteiger partial charge in [-0.2, -0.15) is 5.26 Å². The molecule has 0 radical (unpaired) electrons. The predicted octanol–water partition coefficient (Wildman–Crippen LogP) is 3.24. The summed E-state index contributed by atoms with van der Waals surface area (Å²) in [5.74, 6) is -1.33. The van der Waals surface area contributed by atoms with Crippen molar-refractivity contribution in [2.24, 2.45) is 0 Å². The van der Waals surface area contributed by atoms with Crippen LogP contribution >= 0.6 is 0 Å². The Hall–Kier alpha value is -3.99. The summed E-state index contributed by atoms with van der Waals surface area (Å²) in [7, 11) is 0. The zero-order valence-electron chi connectivity index (χ0n) is 14.2. The monoisotopic (exact) mass is 363 g/mol. The third-order valence-corrected chi connectivity index (χ3v) is 3.89. The van der Waals surface area contributed by atoms with Crippen molar-refractivity contribution in [3.63, 3.8) is 0 Å². The molecule has 0 aliphatic rings. The zero-order valence-corrected chi connectivity index (χ0v) is 14.2. The van der Waals surface area contributed by atoms with E-state index in [-0.39, 0.29) is 28.3 Å². The highest BCUT2D eigenvalue weighted by atomic mass is 19.1. The van der Waals surface area contributed by atoms with E-state index in [1.54, 1.807) is 13.0 Å². The number of hydrogen-bond acceptors (Lipinski definition) is 6. The summed E-state index contributed by atoms with van der Waals surface area (Å²) in [6.07, 6.45) is 4.02. The van der Waals surface area contributed by atoms with Crippen molar-refractivity contribution in [3.8, 4) is 6.07 Å². The number of aryl methyl sites for hydroxylation is 1. The van der Waals surface area contributed by atoms with E-state index in [9.17, 15) is 9.18 Å². The third-order valence-electron chi connectivity index (χ3n) is 3.89. The van der Waals surface area contributed by atoms with Crippen molar-refractivity contribution in [3.05, 3.63) is 76.8 Å². The maximum atomic E-state index is 14.2. The molecule has 0 saturated carbocycles. The van der Waals surface area contributed by atoms with Gasteiger partial charge in [0.2, 0.25) is 0 Å². The first-order valence-corrected chi connectivity index (χ1v) is 7.79. The molecular formula is C19H14FN5O2. The number of anilines is 2. The number of nitrogens with zero attached hydrogens (tertiary/aromatic N) is 2. The van der Waals surface area contributed by atoms with Gasteiger partial charge >= 0.3 is 0 Å². The Morgan fingerprint density at radius 2 is 2.19 bits per heavy atom. The van der Waals surface area contributed by atoms with Crippen molar-refractivity contribution >= 4 is 23.0 Å². The van der Waals surface area contributed by atoms with E-state index in [2.05, 4.69) is 10.3 Å². The van der Waals surface area contributed by atoms with E-state index in [0.29, 0.717) is 16.7 Å². The van der Waals surface area contributed by atoms with Crippen LogP contribution in [0.2, 0.25) is 0 Å². The number of halogens is 1. The van der Waals surface area contributed by atoms with Gasteiger partial charge in [-0.15, -0.1) is 0 Å². The number of carbonyl (C=O) groups is 1. The van der Waals surface area contributed by atoms with Crippen LogP contribution in [0.3, 0.4) is 0 Å². The molecule has 0 saturated heterocycles. The van der Waals surface area contributed by atoms with Gasteiger partial charge in [0.05, 0.1) is 29.5 Å². The van der Waals surface area contributed by atoms with Crippen LogP contribution in [0.4, 0.5) is 15.8 Å². The number of nitrogen functional groups attached to an aromatic ring is 1. The topological polar surface area (TPSA) is 129 Å². The van der Waals surface area contributed by atoms with Gasteiger partial charge in [0, 0.05) is 23.0 Å². The molecule has 0 unspecified atom stereocenters. The SMILES string of the molecule is Cc1cc(C#N)cnc1C(=O)Nc1cc(F)c(N)c(C(=N)c2ccoc2)c1. The molecular weight excluding hydrogens is 349 g/mol. The number of hydrogen-bond donors (Lipinski definition) is 3. The highest BCUT2D eigenvalue weighted by Crippen LogP contribution is 2.25. The van der Waals surface area contributed by atoms with Gasteiger partial charge < -0.3 is 15.5 Å². The number of carbonyl (C=O) groups excluding carboxylic acids is 1. The number of rotatable bonds is 4. The Morgan fingerprint density at radius 3 is 2.81 bits per heavy atom. The Balaban J connectivity index is 1.93. The summed E-state index contributed by atoms with van der Waals surface area (Å²) in [6, 6.07) is 7.50. The van der Waals surface area contributed by atoms with E-state index in [1.807, 2.05) is 6.07 Å². The maximum absolute atomic E-state index is 14.2. The second-order valence-corrected chi connectivity index (χ2v) is 5.76. The minimum absolute atomic E-state index is 0.0380. The van der Waals surface area contributed by atoms with Crippen LogP contribution in [-0.2, 0) is 0 Å². The number of aromatic nitrogens is 1. The first-order chi connectivity index (χ1) is 12.9. The molecule has 1 amide bonds. The van der Waals surface area contributed by atoms with E-state index in [1.165, 1.54) is 30.9 Å². The van der Waals surface area contributed by atoms with Crippen LogP contribution < -0.4 is 11.1 Å². The molecule has 0 aliphatic heterocycles. The molecule has 134 valence electrons. The number of nitriles is 1. The molecule has 0 atom stereocenters. The van der Waals surface area contributed by atoms with Crippen LogP contribution in [0.1, 0.15) is 32.7 Å². The summed E-state index contributed by atoms with van der Waals surface area (Å²) < 4.78 is 19.2. The number of pyridine rings is 1. The fourth-order valence-electron chi connectivity index (χ4n) is 2.52. The molecule has 0 aliphatic carbocycles. The van der Waals surface area contributed by atoms with Crippen molar-refractivity contribution in [2.45, 2.75) is 6.92 Å². The fraction of sp³-hybridized carbons (Fsp3) is 0.0526. The Morgan fingerprint density at radius 1 is 1.41 bits per heavy atom. The third kappa shape index (κ3) is 3.52. The number of nitrogens with one attached hydrogen (secondary N) is 2. The number of amides is 1. The van der Waals surface area contributed by atoms with Gasteiger partial charge in [-0.05, 0) is 36.8 Å². The number of benzene rings is 1. The lowest BCUT2D eigenvalue weighted by atomic mass is 10.0. The summed E-state index contributed by atoms with van der Waals surface area (Å²) in [5, 5.41) is 19.6.